The number of piperidine rings is 1. The van der Waals surface area contributed by atoms with Gasteiger partial charge in [-0.25, -0.2) is 4.99 Å². The largest absolute Gasteiger partial charge is 0.369 e. The van der Waals surface area contributed by atoms with E-state index in [1.165, 1.54) is 33.3 Å². The molecule has 1 aliphatic rings. The molecule has 6 nitrogen and oxygen atoms in total. The molecule has 3 N–H and O–H groups in total. The van der Waals surface area contributed by atoms with Gasteiger partial charge in [0.15, 0.2) is 0 Å². The van der Waals surface area contributed by atoms with Crippen molar-refractivity contribution in [2.45, 2.75) is 65.7 Å². The molecule has 0 spiro atoms. The first kappa shape index (κ1) is 26.6. The summed E-state index contributed by atoms with van der Waals surface area (Å²) in [6, 6.07) is 6.89. The number of H-pyrrole nitrogens is 1. The quantitative estimate of drug-likeness (QED) is 0.272. The fourth-order valence-electron chi connectivity index (χ4n) is 5.17. The monoisotopic (exact) mass is 475 g/mol. The minimum absolute atomic E-state index is 0.244. The molecule has 1 amide bonds. The Morgan fingerprint density at radius 3 is 2.57 bits per heavy atom. The number of likely N-dealkylation sites (tertiary alicyclic amines) is 1. The van der Waals surface area contributed by atoms with Gasteiger partial charge in [-0.1, -0.05) is 32.9 Å². The molecular formula is C29H41N5O. The van der Waals surface area contributed by atoms with E-state index in [-0.39, 0.29) is 5.91 Å². The van der Waals surface area contributed by atoms with Gasteiger partial charge in [-0.05, 0) is 98.5 Å². The zero-order valence-electron chi connectivity index (χ0n) is 22.2. The molecule has 0 unspecified atom stereocenters. The lowest BCUT2D eigenvalue weighted by atomic mass is 9.87. The number of nitrogens with one attached hydrogen (secondary N) is 1. The number of rotatable bonds is 9. The number of aromatic amines is 1. The summed E-state index contributed by atoms with van der Waals surface area (Å²) < 4.78 is 0. The van der Waals surface area contributed by atoms with Gasteiger partial charge >= 0.3 is 0 Å². The highest BCUT2D eigenvalue weighted by Crippen LogP contribution is 2.37. The summed E-state index contributed by atoms with van der Waals surface area (Å²) in [6.07, 6.45) is 8.99. The van der Waals surface area contributed by atoms with Gasteiger partial charge in [0.2, 0.25) is 5.91 Å². The summed E-state index contributed by atoms with van der Waals surface area (Å²) in [4.78, 5) is 25.7. The van der Waals surface area contributed by atoms with E-state index in [1.54, 1.807) is 13.4 Å². The van der Waals surface area contributed by atoms with Gasteiger partial charge < -0.3 is 10.7 Å². The van der Waals surface area contributed by atoms with Crippen molar-refractivity contribution in [3.8, 4) is 0 Å². The average Bonchev–Trinajstić information content (AvgIpc) is 3.22. The summed E-state index contributed by atoms with van der Waals surface area (Å²) >= 11 is 0. The molecule has 1 saturated heterocycles. The Kier molecular flexibility index (Phi) is 9.21. The van der Waals surface area contributed by atoms with Crippen molar-refractivity contribution in [2.75, 3.05) is 26.7 Å². The predicted molar refractivity (Wildman–Crippen MR) is 150 cm³/mol. The Balaban J connectivity index is 1.96. The number of carbonyl (C=O) groups is 1. The molecule has 1 aromatic heterocycles. The van der Waals surface area contributed by atoms with Gasteiger partial charge in [-0.2, -0.15) is 0 Å². The highest BCUT2D eigenvalue weighted by atomic mass is 16.1. The molecule has 1 fully saturated rings. The maximum atomic E-state index is 11.3. The van der Waals surface area contributed by atoms with Crippen molar-refractivity contribution >= 4 is 34.4 Å². The lowest BCUT2D eigenvalue weighted by Gasteiger charge is -2.31. The lowest BCUT2D eigenvalue weighted by molar-refractivity contribution is -0.119. The van der Waals surface area contributed by atoms with E-state index in [1.807, 2.05) is 0 Å². The summed E-state index contributed by atoms with van der Waals surface area (Å²) in [5, 5.41) is 1.31. The zero-order chi connectivity index (χ0) is 25.5. The Labute approximate surface area is 210 Å². The van der Waals surface area contributed by atoms with Crippen molar-refractivity contribution in [3.05, 3.63) is 52.7 Å². The van der Waals surface area contributed by atoms with Crippen LogP contribution in [0.4, 0.5) is 0 Å². The van der Waals surface area contributed by atoms with E-state index in [4.69, 9.17) is 5.73 Å². The Bertz CT molecular complexity index is 1160. The number of carbonyl (C=O) groups excluding carboxylic acids is 1. The zero-order valence-corrected chi connectivity index (χ0v) is 22.2. The topological polar surface area (TPSA) is 86.8 Å². The van der Waals surface area contributed by atoms with Gasteiger partial charge in [0.1, 0.15) is 6.34 Å². The smallest absolute Gasteiger partial charge is 0.231 e. The number of primary amides is 1. The number of hydrogen-bond donors (Lipinski definition) is 2. The van der Waals surface area contributed by atoms with Gasteiger partial charge in [-0.3, -0.25) is 14.7 Å². The van der Waals surface area contributed by atoms with Crippen LogP contribution < -0.4 is 5.73 Å². The fraction of sp³-hybridized carbons (Fsp3) is 0.483. The normalized spacial score (nSPS) is 17.3. The van der Waals surface area contributed by atoms with Crippen LogP contribution in [0.15, 0.2) is 45.9 Å². The standard InChI is InChI=1S/C29H41N5O/c1-7-21(15-20(5)25(8-2)32-18-31-6)29-28(19(3)4)24-16-23(9-10-26(24)33-29)22-11-13-34(14-12-22)17-27(30)35/h7,9-10,15-16,18-19,22,33H,8,11-14,17H2,1-6H3,(H2,30,35)/b20-15-,21-7+,31-18?,32-25?. The molecule has 35 heavy (non-hydrogen) atoms. The van der Waals surface area contributed by atoms with E-state index in [9.17, 15) is 4.79 Å². The molecule has 2 heterocycles. The number of amides is 1. The van der Waals surface area contributed by atoms with Crippen molar-refractivity contribution in [1.29, 1.82) is 0 Å². The third-order valence-electron chi connectivity index (χ3n) is 6.97. The minimum Gasteiger partial charge on any atom is -0.369 e. The molecule has 1 aromatic carbocycles. The second-order valence-corrected chi connectivity index (χ2v) is 9.76. The molecule has 3 rings (SSSR count). The molecule has 2 aromatic rings. The molecule has 0 saturated carbocycles. The fourth-order valence-corrected chi connectivity index (χ4v) is 5.17. The summed E-state index contributed by atoms with van der Waals surface area (Å²) in [6.45, 7) is 13.1. The summed E-state index contributed by atoms with van der Waals surface area (Å²) in [5.41, 5.74) is 13.9. The highest BCUT2D eigenvalue weighted by Gasteiger charge is 2.23. The Morgan fingerprint density at radius 1 is 1.29 bits per heavy atom. The van der Waals surface area contributed by atoms with Gasteiger partial charge in [0.25, 0.3) is 0 Å². The number of aromatic nitrogens is 1. The molecule has 188 valence electrons. The maximum Gasteiger partial charge on any atom is 0.231 e. The van der Waals surface area contributed by atoms with Crippen LogP contribution in [0.2, 0.25) is 0 Å². The van der Waals surface area contributed by atoms with Crippen molar-refractivity contribution in [1.82, 2.24) is 9.88 Å². The summed E-state index contributed by atoms with van der Waals surface area (Å²) in [5.74, 6) is 0.640. The maximum absolute atomic E-state index is 11.3. The van der Waals surface area contributed by atoms with Crippen LogP contribution in [-0.4, -0.2) is 54.5 Å². The summed E-state index contributed by atoms with van der Waals surface area (Å²) in [7, 11) is 1.74. The number of allylic oxidation sites excluding steroid dienone is 4. The average molecular weight is 476 g/mol. The van der Waals surface area contributed by atoms with Crippen LogP contribution in [-0.2, 0) is 4.79 Å². The molecule has 1 aliphatic heterocycles. The third-order valence-corrected chi connectivity index (χ3v) is 6.97. The highest BCUT2D eigenvalue weighted by molar-refractivity contribution is 6.05. The van der Waals surface area contributed by atoms with E-state index in [2.05, 4.69) is 84.8 Å². The second kappa shape index (κ2) is 12.1. The molecule has 6 heteroatoms. The van der Waals surface area contributed by atoms with Gasteiger partial charge in [-0.15, -0.1) is 0 Å². The van der Waals surface area contributed by atoms with Crippen molar-refractivity contribution in [2.24, 2.45) is 15.7 Å². The molecule has 0 aliphatic carbocycles. The van der Waals surface area contributed by atoms with Crippen LogP contribution in [0, 0.1) is 0 Å². The number of benzene rings is 1. The molecule has 0 radical (unpaired) electrons. The van der Waals surface area contributed by atoms with Crippen LogP contribution in [0.3, 0.4) is 0 Å². The Morgan fingerprint density at radius 2 is 2.00 bits per heavy atom. The van der Waals surface area contributed by atoms with Crippen LogP contribution in [0.5, 0.6) is 0 Å². The van der Waals surface area contributed by atoms with Crippen molar-refractivity contribution in [3.63, 3.8) is 0 Å². The van der Waals surface area contributed by atoms with Crippen molar-refractivity contribution < 1.29 is 4.79 Å². The SMILES string of the molecule is C/C=C(\C=C(\C)C(CC)=NC=NC)c1[nH]c2ccc(C3CCN(CC(N)=O)CC3)cc2c1C(C)C. The number of hydrogen-bond acceptors (Lipinski definition) is 3. The number of nitrogens with two attached hydrogens (primary N) is 1. The van der Waals surface area contributed by atoms with E-state index in [0.29, 0.717) is 18.4 Å². The first-order valence-electron chi connectivity index (χ1n) is 12.8. The molecule has 0 atom stereocenters. The number of fused-ring (bicyclic) bond motifs is 1. The second-order valence-electron chi connectivity index (χ2n) is 9.76. The number of aliphatic imine (C=N–C) groups is 2. The van der Waals surface area contributed by atoms with E-state index in [0.717, 1.165) is 43.6 Å². The number of nitrogens with zero attached hydrogens (tertiary/aromatic N) is 3. The van der Waals surface area contributed by atoms with Crippen LogP contribution in [0.25, 0.3) is 16.5 Å². The third kappa shape index (κ3) is 6.37. The minimum atomic E-state index is -0.244. The van der Waals surface area contributed by atoms with Gasteiger partial charge in [0.05, 0.1) is 6.54 Å². The first-order chi connectivity index (χ1) is 16.8. The molecular weight excluding hydrogens is 434 g/mol. The van der Waals surface area contributed by atoms with Gasteiger partial charge in [0, 0.05) is 29.4 Å². The lowest BCUT2D eigenvalue weighted by Crippen LogP contribution is -2.39. The van der Waals surface area contributed by atoms with E-state index < -0.39 is 0 Å². The van der Waals surface area contributed by atoms with E-state index >= 15 is 0 Å². The Hall–Kier alpha value is -2.99. The first-order valence-corrected chi connectivity index (χ1v) is 12.8. The predicted octanol–water partition coefficient (Wildman–Crippen LogP) is 5.81. The van der Waals surface area contributed by atoms with Crippen LogP contribution in [0.1, 0.15) is 82.5 Å². The van der Waals surface area contributed by atoms with Crippen LogP contribution >= 0.6 is 0 Å². The molecule has 0 bridgehead atoms.